The Hall–Kier alpha value is -2.04. The molecule has 1 aromatic heterocycles. The van der Waals surface area contributed by atoms with Crippen LogP contribution in [0.4, 0.5) is 10.2 Å². The van der Waals surface area contributed by atoms with Crippen LogP contribution in [0.15, 0.2) is 30.5 Å². The van der Waals surface area contributed by atoms with Crippen LogP contribution in [0.3, 0.4) is 0 Å². The number of halogens is 1. The number of aromatic nitrogens is 2. The van der Waals surface area contributed by atoms with Gasteiger partial charge in [0, 0.05) is 25.9 Å². The highest BCUT2D eigenvalue weighted by atomic mass is 19.1. The molecule has 0 saturated heterocycles. The standard InChI is InChI=1S/C12H14FN3O/c1-16-6-5-12(15-16)14-8-9-3-4-11(17-2)10(13)7-9/h3-7H,8H2,1-2H3,(H,14,15). The third-order valence-electron chi connectivity index (χ3n) is 2.40. The Bertz CT molecular complexity index is 510. The molecular weight excluding hydrogens is 221 g/mol. The Kier molecular flexibility index (Phi) is 3.27. The number of methoxy groups -OCH3 is 1. The molecule has 0 aliphatic rings. The molecule has 0 atom stereocenters. The van der Waals surface area contributed by atoms with Crippen molar-refractivity contribution in [3.05, 3.63) is 41.8 Å². The Labute approximate surface area is 99.0 Å². The van der Waals surface area contributed by atoms with Gasteiger partial charge in [-0.05, 0) is 17.7 Å². The summed E-state index contributed by atoms with van der Waals surface area (Å²) in [5.41, 5.74) is 0.842. The lowest BCUT2D eigenvalue weighted by molar-refractivity contribution is 0.386. The summed E-state index contributed by atoms with van der Waals surface area (Å²) in [4.78, 5) is 0. The molecule has 1 aromatic carbocycles. The lowest BCUT2D eigenvalue weighted by atomic mass is 10.2. The first-order valence-electron chi connectivity index (χ1n) is 5.25. The summed E-state index contributed by atoms with van der Waals surface area (Å²) in [6.45, 7) is 0.526. The van der Waals surface area contributed by atoms with E-state index in [1.54, 1.807) is 10.7 Å². The van der Waals surface area contributed by atoms with E-state index >= 15 is 0 Å². The van der Waals surface area contributed by atoms with Gasteiger partial charge in [-0.1, -0.05) is 6.07 Å². The van der Waals surface area contributed by atoms with E-state index in [0.717, 1.165) is 11.4 Å². The minimum absolute atomic E-state index is 0.256. The van der Waals surface area contributed by atoms with E-state index in [-0.39, 0.29) is 11.6 Å². The Balaban J connectivity index is 2.02. The van der Waals surface area contributed by atoms with Gasteiger partial charge in [0.25, 0.3) is 0 Å². The average Bonchev–Trinajstić information content (AvgIpc) is 2.73. The fourth-order valence-electron chi connectivity index (χ4n) is 1.52. The molecule has 17 heavy (non-hydrogen) atoms. The topological polar surface area (TPSA) is 39.1 Å². The molecular formula is C12H14FN3O. The summed E-state index contributed by atoms with van der Waals surface area (Å²) in [7, 11) is 3.29. The zero-order valence-electron chi connectivity index (χ0n) is 9.77. The monoisotopic (exact) mass is 235 g/mol. The summed E-state index contributed by atoms with van der Waals surface area (Å²) in [6, 6.07) is 6.75. The van der Waals surface area contributed by atoms with Crippen molar-refractivity contribution in [3.8, 4) is 5.75 Å². The molecule has 0 bridgehead atoms. The maximum Gasteiger partial charge on any atom is 0.165 e. The van der Waals surface area contributed by atoms with Crippen LogP contribution in [0.2, 0.25) is 0 Å². The first-order valence-corrected chi connectivity index (χ1v) is 5.25. The van der Waals surface area contributed by atoms with Gasteiger partial charge < -0.3 is 10.1 Å². The van der Waals surface area contributed by atoms with Gasteiger partial charge in [-0.3, -0.25) is 4.68 Å². The molecule has 4 nitrogen and oxygen atoms in total. The quantitative estimate of drug-likeness (QED) is 0.882. The minimum atomic E-state index is -0.354. The highest BCUT2D eigenvalue weighted by Gasteiger charge is 2.03. The molecule has 0 unspecified atom stereocenters. The lowest BCUT2D eigenvalue weighted by Gasteiger charge is -2.06. The van der Waals surface area contributed by atoms with Crippen LogP contribution in [-0.4, -0.2) is 16.9 Å². The number of anilines is 1. The van der Waals surface area contributed by atoms with Gasteiger partial charge in [-0.15, -0.1) is 0 Å². The largest absolute Gasteiger partial charge is 0.494 e. The van der Waals surface area contributed by atoms with Gasteiger partial charge in [-0.25, -0.2) is 4.39 Å². The fraction of sp³-hybridized carbons (Fsp3) is 0.250. The van der Waals surface area contributed by atoms with Gasteiger partial charge in [0.15, 0.2) is 11.6 Å². The van der Waals surface area contributed by atoms with E-state index in [0.29, 0.717) is 6.54 Å². The molecule has 0 saturated carbocycles. The van der Waals surface area contributed by atoms with E-state index in [1.165, 1.54) is 13.2 Å². The van der Waals surface area contributed by atoms with E-state index in [1.807, 2.05) is 25.4 Å². The molecule has 0 aliphatic heterocycles. The van der Waals surface area contributed by atoms with Crippen molar-refractivity contribution in [2.45, 2.75) is 6.54 Å². The van der Waals surface area contributed by atoms with Crippen LogP contribution >= 0.6 is 0 Å². The summed E-state index contributed by atoms with van der Waals surface area (Å²) < 4.78 is 20.0. The number of hydrogen-bond acceptors (Lipinski definition) is 3. The predicted octanol–water partition coefficient (Wildman–Crippen LogP) is 2.18. The molecule has 1 heterocycles. The number of nitrogens with zero attached hydrogens (tertiary/aromatic N) is 2. The van der Waals surface area contributed by atoms with Gasteiger partial charge in [0.2, 0.25) is 0 Å². The zero-order valence-corrected chi connectivity index (χ0v) is 9.77. The zero-order chi connectivity index (χ0) is 12.3. The van der Waals surface area contributed by atoms with E-state index in [9.17, 15) is 4.39 Å². The molecule has 0 amide bonds. The highest BCUT2D eigenvalue weighted by Crippen LogP contribution is 2.18. The second kappa shape index (κ2) is 4.86. The highest BCUT2D eigenvalue weighted by molar-refractivity contribution is 5.35. The Morgan fingerprint density at radius 1 is 1.41 bits per heavy atom. The fourth-order valence-corrected chi connectivity index (χ4v) is 1.52. The predicted molar refractivity (Wildman–Crippen MR) is 63.5 cm³/mol. The van der Waals surface area contributed by atoms with Crippen molar-refractivity contribution in [2.75, 3.05) is 12.4 Å². The molecule has 0 spiro atoms. The van der Waals surface area contributed by atoms with E-state index < -0.39 is 0 Å². The van der Waals surface area contributed by atoms with Crippen LogP contribution in [0.5, 0.6) is 5.75 Å². The van der Waals surface area contributed by atoms with Crippen molar-refractivity contribution >= 4 is 5.82 Å². The number of hydrogen-bond donors (Lipinski definition) is 1. The molecule has 0 radical (unpaired) electrons. The third kappa shape index (κ3) is 2.75. The summed E-state index contributed by atoms with van der Waals surface area (Å²) in [6.07, 6.45) is 1.84. The van der Waals surface area contributed by atoms with Crippen molar-refractivity contribution in [3.63, 3.8) is 0 Å². The second-order valence-corrected chi connectivity index (χ2v) is 3.70. The van der Waals surface area contributed by atoms with Gasteiger partial charge in [0.05, 0.1) is 7.11 Å². The number of aryl methyl sites for hydroxylation is 1. The van der Waals surface area contributed by atoms with Crippen LogP contribution < -0.4 is 10.1 Å². The average molecular weight is 235 g/mol. The summed E-state index contributed by atoms with van der Waals surface area (Å²) >= 11 is 0. The van der Waals surface area contributed by atoms with Gasteiger partial charge in [-0.2, -0.15) is 5.10 Å². The second-order valence-electron chi connectivity index (χ2n) is 3.70. The number of nitrogens with one attached hydrogen (secondary N) is 1. The van der Waals surface area contributed by atoms with E-state index in [4.69, 9.17) is 4.74 Å². The number of ether oxygens (including phenoxy) is 1. The molecule has 0 aliphatic carbocycles. The van der Waals surface area contributed by atoms with Gasteiger partial charge in [0.1, 0.15) is 5.82 Å². The van der Waals surface area contributed by atoms with Crippen molar-refractivity contribution in [2.24, 2.45) is 7.05 Å². The molecule has 5 heteroatoms. The molecule has 90 valence electrons. The van der Waals surface area contributed by atoms with Crippen LogP contribution in [-0.2, 0) is 13.6 Å². The van der Waals surface area contributed by atoms with Crippen molar-refractivity contribution < 1.29 is 9.13 Å². The van der Waals surface area contributed by atoms with Crippen molar-refractivity contribution in [1.29, 1.82) is 0 Å². The normalized spacial score (nSPS) is 10.3. The lowest BCUT2D eigenvalue weighted by Crippen LogP contribution is -2.01. The Morgan fingerprint density at radius 2 is 2.24 bits per heavy atom. The van der Waals surface area contributed by atoms with E-state index in [2.05, 4.69) is 10.4 Å². The first kappa shape index (κ1) is 11.4. The summed E-state index contributed by atoms with van der Waals surface area (Å²) in [5.74, 6) is 0.670. The van der Waals surface area contributed by atoms with Crippen LogP contribution in [0.25, 0.3) is 0 Å². The van der Waals surface area contributed by atoms with Crippen LogP contribution in [0, 0.1) is 5.82 Å². The van der Waals surface area contributed by atoms with Crippen LogP contribution in [0.1, 0.15) is 5.56 Å². The smallest absolute Gasteiger partial charge is 0.165 e. The first-order chi connectivity index (χ1) is 8.19. The summed E-state index contributed by atoms with van der Waals surface area (Å²) in [5, 5.41) is 7.28. The SMILES string of the molecule is COc1ccc(CNc2ccn(C)n2)cc1F. The maximum absolute atomic E-state index is 13.4. The maximum atomic E-state index is 13.4. The molecule has 0 fully saturated rings. The number of benzene rings is 1. The minimum Gasteiger partial charge on any atom is -0.494 e. The van der Waals surface area contributed by atoms with Gasteiger partial charge >= 0.3 is 0 Å². The van der Waals surface area contributed by atoms with Crippen molar-refractivity contribution in [1.82, 2.24) is 9.78 Å². The number of rotatable bonds is 4. The molecule has 2 rings (SSSR count). The Morgan fingerprint density at radius 3 is 2.82 bits per heavy atom. The molecule has 1 N–H and O–H groups in total. The third-order valence-corrected chi connectivity index (χ3v) is 2.40. The molecule has 2 aromatic rings.